The zero-order valence-electron chi connectivity index (χ0n) is 66.2. The number of nitrogens with zero attached hydrogens (tertiary/aromatic N) is 17. The fraction of sp³-hybridized carbons (Fsp3) is 0.548. The van der Waals surface area contributed by atoms with Gasteiger partial charge in [-0.05, 0) is 91.1 Å². The van der Waals surface area contributed by atoms with Gasteiger partial charge in [0.1, 0.15) is 103 Å². The molecular formula is C62H80N24O29P6S6. The maximum absolute atomic E-state index is 13.4. The van der Waals surface area contributed by atoms with Crippen LogP contribution in [0.3, 0.4) is 0 Å². The van der Waals surface area contributed by atoms with Gasteiger partial charge in [-0.2, -0.15) is 4.98 Å². The SMILES string of the molecule is CC[C@H]1O[C@@H](n2cnc3c(=O)[nH]c(N)nc32)CC1OP(O)(=S)OC[C@H]1O[C@@H](n2cc(C)c(=O)[nH]c2=O)CC1OP(O)(=S)OC[C@H]1O[C@@H](n2cnc3c(N)ncnc32)CC1OP(O)(=S)OC[C@H]1O[C@@H](n2cnc3c(N)ncnc32)CC1OP(O)(=S)OC[C@H]1O[C@@H](n2cnc3c(N)ncnc32)CC1OP(O)(=S)OC[C@H]1O[C@@H](n2cc(C)c(=O)[nH]c2=O)CC1OP(O)(=S)OC. The molecule has 127 heavy (non-hydrogen) atoms. The molecule has 65 heteroatoms. The lowest BCUT2D eigenvalue weighted by Crippen LogP contribution is -2.33. The van der Waals surface area contributed by atoms with Gasteiger partial charge in [0.05, 0.1) is 101 Å². The molecule has 53 nitrogen and oxygen atoms in total. The molecule has 0 bridgehead atoms. The van der Waals surface area contributed by atoms with Crippen LogP contribution in [-0.2, 0) is 154 Å². The number of nitrogen functional groups attached to an aromatic ring is 4. The standard InChI is InChI=1S/C62H80N24O29P6S6/c1-5-28-29(6-45(104-28)86-25-76-49-56(86)77-60(66)78-59(49)89)111-117(93,123)99-15-36-31(8-41(106-36)82-13-27(3)58(88)80-62(82)91)112-118(94,124)101-16-37-33(10-43(107-37)84-23-74-47-51(64)68-20-71-54(47)84)114-120(96,126)103-18-39-34(11-44(109-39)85-24-75-48-52(65)69-21-72-55(48)85)115-121(97,127)102-17-38-32(9-42(108-38)83-22-73-46-50(63)67-19-70-53(46)83)113-119(95,125)100-14-35-30(110-116(92,122)98-4)7-40(105-35)81-12-26(2)57(87)79-61(81)90/h12-13,19-25,28-45H,5-11,14-18H2,1-4H3,(H,92,122)(H,93,123)(H,94,124)(H,95,125)(H,96,126)(H,97,127)(H2,63,67,70)(H2,64,68,71)(H2,65,69,72)(H,79,87,90)(H,80,88,91)(H3,66,77,78,89)/t28-,29?,30?,31?,32?,33?,34?,35-,36-,37-,38-,39-,40-,41-,42-,43-,44-,45-,116?,117?,118?,119?,120?,121?/m1/s1. The molecule has 6 fully saturated rings. The summed E-state index contributed by atoms with van der Waals surface area (Å²) in [5.41, 5.74) is 22.4. The van der Waals surface area contributed by atoms with E-state index in [0.29, 0.717) is 6.42 Å². The number of aryl methyl sites for hydroxylation is 2. The van der Waals surface area contributed by atoms with Crippen molar-refractivity contribution in [3.8, 4) is 0 Å². The predicted molar refractivity (Wildman–Crippen MR) is 460 cm³/mol. The molecule has 0 amide bonds. The van der Waals surface area contributed by atoms with Crippen molar-refractivity contribution >= 4 is 179 Å². The molecule has 16 rings (SSSR count). The molecule has 10 aromatic heterocycles. The van der Waals surface area contributed by atoms with E-state index in [9.17, 15) is 53.3 Å². The first-order valence-corrected chi connectivity index (χ1v) is 53.6. The van der Waals surface area contributed by atoms with Gasteiger partial charge in [0.25, 0.3) is 16.7 Å². The molecule has 0 saturated carbocycles. The van der Waals surface area contributed by atoms with E-state index in [-0.39, 0.29) is 118 Å². The second-order valence-corrected chi connectivity index (χ2v) is 46.3. The van der Waals surface area contributed by atoms with Crippen molar-refractivity contribution in [2.75, 3.05) is 63.1 Å². The first kappa shape index (κ1) is 93.7. The number of imidazole rings is 4. The number of aromatic nitrogens is 20. The van der Waals surface area contributed by atoms with Crippen molar-refractivity contribution in [2.45, 2.75) is 176 Å². The molecule has 24 atom stereocenters. The van der Waals surface area contributed by atoms with Gasteiger partial charge in [-0.1, -0.05) is 6.92 Å². The lowest BCUT2D eigenvalue weighted by atomic mass is 10.1. The number of ether oxygens (including phenoxy) is 6. The van der Waals surface area contributed by atoms with E-state index in [2.05, 4.69) is 69.8 Å². The maximum Gasteiger partial charge on any atom is 0.330 e. The number of hydrogen-bond acceptors (Lipinski definition) is 44. The normalized spacial score (nSPS) is 29.3. The second kappa shape index (κ2) is 37.5. The first-order valence-electron chi connectivity index (χ1n) is 38.1. The van der Waals surface area contributed by atoms with E-state index in [1.54, 1.807) is 6.92 Å². The maximum atomic E-state index is 13.4. The number of fused-ring (bicyclic) bond motifs is 4. The average molecular weight is 2000 g/mol. The lowest BCUT2D eigenvalue weighted by Gasteiger charge is -2.28. The van der Waals surface area contributed by atoms with E-state index in [1.165, 1.54) is 88.8 Å². The van der Waals surface area contributed by atoms with Crippen LogP contribution in [0.1, 0.15) is 100 Å². The fourth-order valence-corrected chi connectivity index (χ4v) is 23.4. The third kappa shape index (κ3) is 21.0. The minimum atomic E-state index is -4.62. The van der Waals surface area contributed by atoms with Gasteiger partial charge >= 0.3 is 51.7 Å². The Morgan fingerprint density at radius 1 is 0.378 bits per heavy atom. The number of anilines is 4. The monoisotopic (exact) mass is 2000 g/mol. The quantitative estimate of drug-likeness (QED) is 0.0248. The Labute approximate surface area is 743 Å². The highest BCUT2D eigenvalue weighted by molar-refractivity contribution is 8.08. The van der Waals surface area contributed by atoms with E-state index >= 15 is 0 Å². The molecule has 0 spiro atoms. The molecule has 6 aliphatic rings. The van der Waals surface area contributed by atoms with E-state index in [0.717, 1.165) is 16.2 Å². The Kier molecular flexibility index (Phi) is 27.7. The highest BCUT2D eigenvalue weighted by Gasteiger charge is 2.51. The van der Waals surface area contributed by atoms with Crippen LogP contribution >= 0.6 is 40.3 Å². The zero-order chi connectivity index (χ0) is 90.3. The molecule has 12 unspecified atom stereocenters. The van der Waals surface area contributed by atoms with Crippen molar-refractivity contribution in [3.05, 3.63) is 120 Å². The van der Waals surface area contributed by atoms with Gasteiger partial charge in [0.2, 0.25) is 5.95 Å². The van der Waals surface area contributed by atoms with Crippen LogP contribution in [0.15, 0.2) is 80.7 Å². The summed E-state index contributed by atoms with van der Waals surface area (Å²) in [4.78, 5) is 189. The third-order valence-electron chi connectivity index (χ3n) is 21.1. The highest BCUT2D eigenvalue weighted by atomic mass is 32.5. The Morgan fingerprint density at radius 3 is 0.945 bits per heavy atom. The molecule has 0 aliphatic carbocycles. The van der Waals surface area contributed by atoms with E-state index in [4.69, 9.17) is 176 Å². The Balaban J connectivity index is 0.613. The molecule has 17 N–H and O–H groups in total. The van der Waals surface area contributed by atoms with E-state index in [1.807, 2.05) is 0 Å². The summed E-state index contributed by atoms with van der Waals surface area (Å²) in [6.45, 7) is -25.0. The van der Waals surface area contributed by atoms with Crippen LogP contribution in [0.25, 0.3) is 44.7 Å². The van der Waals surface area contributed by atoms with Crippen LogP contribution in [0.4, 0.5) is 23.4 Å². The Bertz CT molecular complexity index is 6470. The number of H-pyrrole nitrogens is 3. The van der Waals surface area contributed by atoms with E-state index < -0.39 is 212 Å². The van der Waals surface area contributed by atoms with Gasteiger partial charge in [0.15, 0.2) is 45.6 Å². The highest BCUT2D eigenvalue weighted by Crippen LogP contribution is 2.58. The van der Waals surface area contributed by atoms with Gasteiger partial charge in [-0.3, -0.25) is 56.7 Å². The summed E-state index contributed by atoms with van der Waals surface area (Å²) in [5.74, 6) is -0.0828. The summed E-state index contributed by atoms with van der Waals surface area (Å²) in [5, 5.41) is 0. The molecule has 0 radical (unpaired) electrons. The Hall–Kier alpha value is -6.50. The average Bonchev–Trinajstić information content (AvgIpc) is 1.64. The third-order valence-corrected chi connectivity index (χ3v) is 30.7. The van der Waals surface area contributed by atoms with Crippen LogP contribution in [-0.4, -0.2) is 240 Å². The van der Waals surface area contributed by atoms with Crippen molar-refractivity contribution in [1.82, 2.24) is 97.2 Å². The topological polar surface area (TPSA) is 696 Å². The zero-order valence-corrected chi connectivity index (χ0v) is 76.5. The van der Waals surface area contributed by atoms with Crippen molar-refractivity contribution in [3.63, 3.8) is 0 Å². The van der Waals surface area contributed by atoms with Crippen LogP contribution in [0.5, 0.6) is 0 Å². The fourth-order valence-electron chi connectivity index (χ4n) is 15.1. The van der Waals surface area contributed by atoms with Gasteiger partial charge in [0, 0.05) is 69.2 Å². The minimum absolute atomic E-state index is 0.000843. The molecule has 0 aromatic carbocycles. The number of rotatable bonds is 35. The van der Waals surface area contributed by atoms with Crippen LogP contribution < -0.4 is 51.0 Å². The first-order chi connectivity index (χ1) is 60.2. The van der Waals surface area contributed by atoms with Crippen LogP contribution in [0.2, 0.25) is 0 Å². The summed E-state index contributed by atoms with van der Waals surface area (Å²) >= 11 is 33.5. The number of aromatic amines is 3. The summed E-state index contributed by atoms with van der Waals surface area (Å²) in [7, 11) is 1.12. The smallest absolute Gasteiger partial charge is 0.330 e. The molecule has 6 saturated heterocycles. The second-order valence-electron chi connectivity index (χ2n) is 29.4. The molecule has 16 heterocycles. The van der Waals surface area contributed by atoms with Crippen molar-refractivity contribution in [1.29, 1.82) is 0 Å². The van der Waals surface area contributed by atoms with Gasteiger partial charge < -0.3 is 135 Å². The summed E-state index contributed by atoms with van der Waals surface area (Å²) < 4.78 is 119. The van der Waals surface area contributed by atoms with Gasteiger partial charge in [-0.25, -0.2) is 59.4 Å². The molecule has 688 valence electrons. The minimum Gasteiger partial charge on any atom is -0.382 e. The van der Waals surface area contributed by atoms with Crippen molar-refractivity contribution < 1.29 is 112 Å². The lowest BCUT2D eigenvalue weighted by molar-refractivity contribution is -0.0560. The molecular weight excluding hydrogens is 1920 g/mol. The Morgan fingerprint density at radius 2 is 0.646 bits per heavy atom. The molecule has 6 aliphatic heterocycles. The number of hydrogen-bond donors (Lipinski definition) is 13. The summed E-state index contributed by atoms with van der Waals surface area (Å²) in [6, 6.07) is 0. The molecule has 10 aromatic rings. The van der Waals surface area contributed by atoms with Gasteiger partial charge in [-0.15, -0.1) is 0 Å². The largest absolute Gasteiger partial charge is 0.382 e. The predicted octanol–water partition coefficient (Wildman–Crippen LogP) is 1.16. The van der Waals surface area contributed by atoms with Crippen molar-refractivity contribution in [2.24, 2.45) is 0 Å². The van der Waals surface area contributed by atoms with Crippen LogP contribution in [0, 0.1) is 13.8 Å². The number of nitrogens with one attached hydrogen (secondary N) is 3. The summed E-state index contributed by atoms with van der Waals surface area (Å²) in [6.07, 6.45) is -9.98. The number of nitrogens with two attached hydrogens (primary N) is 4.